The van der Waals surface area contributed by atoms with Gasteiger partial charge in [0.2, 0.25) is 0 Å². The first-order valence-electron chi connectivity index (χ1n) is 7.22. The fraction of sp³-hybridized carbons (Fsp3) is 0.467. The monoisotopic (exact) mass is 324 g/mol. The van der Waals surface area contributed by atoms with Crippen LogP contribution in [0.25, 0.3) is 0 Å². The summed E-state index contributed by atoms with van der Waals surface area (Å²) in [5.41, 5.74) is -1.13. The molecule has 0 unspecified atom stereocenters. The van der Waals surface area contributed by atoms with Crippen molar-refractivity contribution in [1.82, 2.24) is 5.32 Å². The third-order valence-electron chi connectivity index (χ3n) is 3.83. The molecule has 0 radical (unpaired) electrons. The van der Waals surface area contributed by atoms with Gasteiger partial charge in [0.25, 0.3) is 11.6 Å². The number of hydrogen-bond donors (Lipinski definition) is 2. The van der Waals surface area contributed by atoms with E-state index in [1.807, 2.05) is 0 Å². The molecule has 0 spiro atoms. The number of amides is 1. The highest BCUT2D eigenvalue weighted by molar-refractivity contribution is 5.80. The van der Waals surface area contributed by atoms with Gasteiger partial charge in [0.1, 0.15) is 5.75 Å². The van der Waals surface area contributed by atoms with Crippen LogP contribution in [0.5, 0.6) is 5.75 Å². The number of carboxylic acids is 1. The van der Waals surface area contributed by atoms with E-state index in [9.17, 15) is 24.8 Å². The lowest BCUT2D eigenvalue weighted by Crippen LogP contribution is -2.43. The summed E-state index contributed by atoms with van der Waals surface area (Å²) in [6.45, 7) is 3.17. The molecule has 0 saturated carbocycles. The molecule has 2 N–H and O–H groups in total. The van der Waals surface area contributed by atoms with Crippen molar-refractivity contribution < 1.29 is 24.4 Å². The molecule has 0 fully saturated rings. The van der Waals surface area contributed by atoms with E-state index in [4.69, 9.17) is 4.74 Å². The number of nitro benzene ring substituents is 1. The van der Waals surface area contributed by atoms with E-state index in [0.29, 0.717) is 12.8 Å². The number of nitro groups is 1. The number of hydrogen-bond acceptors (Lipinski definition) is 5. The van der Waals surface area contributed by atoms with E-state index >= 15 is 0 Å². The van der Waals surface area contributed by atoms with Gasteiger partial charge in [0, 0.05) is 12.6 Å². The number of carboxylic acid groups (broad SMARTS) is 1. The minimum Gasteiger partial charge on any atom is -0.484 e. The van der Waals surface area contributed by atoms with Crippen LogP contribution in [0.15, 0.2) is 24.3 Å². The minimum absolute atomic E-state index is 0.00641. The van der Waals surface area contributed by atoms with Crippen LogP contribution in [-0.4, -0.2) is 35.1 Å². The number of carbonyl (C=O) groups is 2. The molecule has 0 aromatic heterocycles. The zero-order chi connectivity index (χ0) is 17.5. The Morgan fingerprint density at radius 2 is 2.00 bits per heavy atom. The number of non-ortho nitro benzene ring substituents is 1. The van der Waals surface area contributed by atoms with Crippen molar-refractivity contribution in [2.75, 3.05) is 13.2 Å². The normalized spacial score (nSPS) is 10.9. The lowest BCUT2D eigenvalue weighted by molar-refractivity contribution is -0.384. The average Bonchev–Trinajstić information content (AvgIpc) is 2.54. The summed E-state index contributed by atoms with van der Waals surface area (Å²) in [6.07, 6.45) is 0.787. The fourth-order valence-electron chi connectivity index (χ4n) is 2.03. The van der Waals surface area contributed by atoms with Crippen molar-refractivity contribution in [3.8, 4) is 5.75 Å². The Morgan fingerprint density at radius 3 is 2.52 bits per heavy atom. The number of ether oxygens (including phenoxy) is 1. The highest BCUT2D eigenvalue weighted by Gasteiger charge is 2.35. The van der Waals surface area contributed by atoms with Gasteiger partial charge in [-0.2, -0.15) is 0 Å². The number of nitrogens with one attached hydrogen (secondary N) is 1. The first kappa shape index (κ1) is 18.4. The first-order chi connectivity index (χ1) is 10.8. The molecule has 0 heterocycles. The van der Waals surface area contributed by atoms with Crippen LogP contribution in [0.1, 0.15) is 26.7 Å². The van der Waals surface area contributed by atoms with Crippen molar-refractivity contribution in [3.63, 3.8) is 0 Å². The molecule has 0 aliphatic rings. The van der Waals surface area contributed by atoms with Crippen LogP contribution in [0.2, 0.25) is 0 Å². The van der Waals surface area contributed by atoms with E-state index in [2.05, 4.69) is 5.32 Å². The summed E-state index contributed by atoms with van der Waals surface area (Å²) in [4.78, 5) is 33.2. The second-order valence-electron chi connectivity index (χ2n) is 5.11. The summed E-state index contributed by atoms with van der Waals surface area (Å²) < 4.78 is 5.19. The highest BCUT2D eigenvalue weighted by atomic mass is 16.6. The van der Waals surface area contributed by atoms with Gasteiger partial charge in [0.15, 0.2) is 6.61 Å². The van der Waals surface area contributed by atoms with Crippen LogP contribution < -0.4 is 10.1 Å². The number of rotatable bonds is 9. The lowest BCUT2D eigenvalue weighted by atomic mass is 9.82. The van der Waals surface area contributed by atoms with Crippen LogP contribution >= 0.6 is 0 Å². The Morgan fingerprint density at radius 1 is 1.35 bits per heavy atom. The third-order valence-corrected chi connectivity index (χ3v) is 3.83. The largest absolute Gasteiger partial charge is 0.484 e. The van der Waals surface area contributed by atoms with E-state index < -0.39 is 22.2 Å². The smallest absolute Gasteiger partial charge is 0.311 e. The Labute approximate surface area is 133 Å². The van der Waals surface area contributed by atoms with E-state index in [-0.39, 0.29) is 24.6 Å². The van der Waals surface area contributed by atoms with Crippen molar-refractivity contribution >= 4 is 17.6 Å². The third kappa shape index (κ3) is 4.94. The Balaban J connectivity index is 2.56. The van der Waals surface area contributed by atoms with Crippen molar-refractivity contribution in [3.05, 3.63) is 34.4 Å². The molecule has 1 aromatic rings. The predicted octanol–water partition coefficient (Wildman–Crippen LogP) is 1.98. The number of benzene rings is 1. The summed E-state index contributed by atoms with van der Waals surface area (Å²) in [7, 11) is 0. The van der Waals surface area contributed by atoms with Crippen molar-refractivity contribution in [2.45, 2.75) is 26.7 Å². The fourth-order valence-corrected chi connectivity index (χ4v) is 2.03. The zero-order valence-electron chi connectivity index (χ0n) is 13.1. The maximum Gasteiger partial charge on any atom is 0.311 e. The molecular formula is C15H20N2O6. The molecule has 23 heavy (non-hydrogen) atoms. The number of carbonyl (C=O) groups excluding carboxylic acids is 1. The van der Waals surface area contributed by atoms with E-state index in [1.54, 1.807) is 13.8 Å². The van der Waals surface area contributed by atoms with Gasteiger partial charge in [-0.15, -0.1) is 0 Å². The standard InChI is InChI=1S/C15H20N2O6/c1-3-15(4-2,14(19)20)10-16-13(18)9-23-12-7-5-6-11(8-12)17(21)22/h5-8H,3-4,9-10H2,1-2H3,(H,16,18)(H,19,20). The Kier molecular flexibility index (Phi) is 6.49. The van der Waals surface area contributed by atoms with Gasteiger partial charge in [0.05, 0.1) is 16.4 Å². The second kappa shape index (κ2) is 8.11. The van der Waals surface area contributed by atoms with E-state index in [1.165, 1.54) is 24.3 Å². The van der Waals surface area contributed by atoms with Crippen LogP contribution in [0, 0.1) is 15.5 Å². The summed E-state index contributed by atoms with van der Waals surface area (Å²) in [6, 6.07) is 5.48. The Bertz CT molecular complexity index is 583. The zero-order valence-corrected chi connectivity index (χ0v) is 13.1. The molecule has 1 amide bonds. The molecule has 0 aliphatic heterocycles. The van der Waals surface area contributed by atoms with Crippen LogP contribution in [0.3, 0.4) is 0 Å². The SMILES string of the molecule is CCC(CC)(CNC(=O)COc1cccc([N+](=O)[O-])c1)C(=O)O. The lowest BCUT2D eigenvalue weighted by Gasteiger charge is -2.26. The highest BCUT2D eigenvalue weighted by Crippen LogP contribution is 2.25. The molecule has 0 aliphatic carbocycles. The molecule has 8 heteroatoms. The molecular weight excluding hydrogens is 304 g/mol. The topological polar surface area (TPSA) is 119 Å². The van der Waals surface area contributed by atoms with Gasteiger partial charge in [-0.05, 0) is 18.9 Å². The van der Waals surface area contributed by atoms with Gasteiger partial charge >= 0.3 is 5.97 Å². The average molecular weight is 324 g/mol. The predicted molar refractivity (Wildman–Crippen MR) is 82.3 cm³/mol. The van der Waals surface area contributed by atoms with Crippen molar-refractivity contribution in [2.24, 2.45) is 5.41 Å². The molecule has 8 nitrogen and oxygen atoms in total. The van der Waals surface area contributed by atoms with Crippen LogP contribution in [-0.2, 0) is 9.59 Å². The Hall–Kier alpha value is -2.64. The number of aliphatic carboxylic acids is 1. The van der Waals surface area contributed by atoms with Gasteiger partial charge in [-0.25, -0.2) is 0 Å². The van der Waals surface area contributed by atoms with Gasteiger partial charge in [-0.3, -0.25) is 19.7 Å². The summed E-state index contributed by atoms with van der Waals surface area (Å²) >= 11 is 0. The van der Waals surface area contributed by atoms with E-state index in [0.717, 1.165) is 0 Å². The van der Waals surface area contributed by atoms with Crippen LogP contribution in [0.4, 0.5) is 5.69 Å². The van der Waals surface area contributed by atoms with Gasteiger partial charge in [-0.1, -0.05) is 19.9 Å². The maximum atomic E-state index is 11.8. The summed E-state index contributed by atoms with van der Waals surface area (Å²) in [5, 5.41) is 22.5. The molecule has 0 saturated heterocycles. The summed E-state index contributed by atoms with van der Waals surface area (Å²) in [5.74, 6) is -1.24. The number of nitrogens with zero attached hydrogens (tertiary/aromatic N) is 1. The van der Waals surface area contributed by atoms with Crippen molar-refractivity contribution in [1.29, 1.82) is 0 Å². The maximum absolute atomic E-state index is 11.8. The molecule has 0 bridgehead atoms. The molecule has 1 aromatic carbocycles. The minimum atomic E-state index is -0.999. The molecule has 126 valence electrons. The quantitative estimate of drug-likeness (QED) is 0.529. The second-order valence-corrected chi connectivity index (χ2v) is 5.11. The molecule has 0 atom stereocenters. The molecule has 1 rings (SSSR count). The van der Waals surface area contributed by atoms with Gasteiger partial charge < -0.3 is 15.2 Å². The first-order valence-corrected chi connectivity index (χ1v) is 7.22.